The van der Waals surface area contributed by atoms with E-state index in [0.717, 1.165) is 64.2 Å². The van der Waals surface area contributed by atoms with Crippen molar-refractivity contribution in [2.24, 2.45) is 11.8 Å². The van der Waals surface area contributed by atoms with Gasteiger partial charge in [-0.05, 0) is 38.5 Å². The number of hydrogen-bond donors (Lipinski definition) is 3. The molecule has 0 aromatic rings. The van der Waals surface area contributed by atoms with Crippen molar-refractivity contribution in [3.05, 3.63) is 0 Å². The third-order valence-corrected chi connectivity index (χ3v) is 6.70. The molecule has 0 heterocycles. The lowest BCUT2D eigenvalue weighted by Gasteiger charge is -2.22. The van der Waals surface area contributed by atoms with Crippen LogP contribution in [-0.4, -0.2) is 67.9 Å². The van der Waals surface area contributed by atoms with Gasteiger partial charge in [-0.3, -0.25) is 14.4 Å². The van der Waals surface area contributed by atoms with E-state index in [9.17, 15) is 24.0 Å². The summed E-state index contributed by atoms with van der Waals surface area (Å²) in [5.74, 6) is 0.143. The standard InChI is InChI=1S/C30H56N4O6/c1-24(2)26(35)18-12-8-7-11-17-23-34(30(39)33-22-16-15-20-31-28(37)25(3)4)29(38)32-21-14-10-6-9-13-19-27(36)40-5/h24-25H,6-23H2,1-5H3,(H,31,37)(H,32,38)(H,33,39). The van der Waals surface area contributed by atoms with Crippen LogP contribution < -0.4 is 16.0 Å². The Balaban J connectivity index is 4.45. The molecular weight excluding hydrogens is 512 g/mol. The molecule has 0 unspecified atom stereocenters. The van der Waals surface area contributed by atoms with Crippen molar-refractivity contribution in [1.29, 1.82) is 0 Å². The number of methoxy groups -OCH3 is 1. The molecule has 40 heavy (non-hydrogen) atoms. The number of imide groups is 1. The average Bonchev–Trinajstić information content (AvgIpc) is 2.92. The highest BCUT2D eigenvalue weighted by Gasteiger charge is 2.20. The van der Waals surface area contributed by atoms with Crippen LogP contribution in [0.2, 0.25) is 0 Å². The van der Waals surface area contributed by atoms with Gasteiger partial charge >= 0.3 is 18.0 Å². The summed E-state index contributed by atoms with van der Waals surface area (Å²) in [6, 6.07) is -0.802. The summed E-state index contributed by atoms with van der Waals surface area (Å²) in [6.45, 7) is 9.34. The maximum Gasteiger partial charge on any atom is 0.325 e. The fourth-order valence-electron chi connectivity index (χ4n) is 3.96. The van der Waals surface area contributed by atoms with Crippen molar-refractivity contribution < 1.29 is 28.7 Å². The summed E-state index contributed by atoms with van der Waals surface area (Å²) in [6.07, 6.45) is 11.3. The third-order valence-electron chi connectivity index (χ3n) is 6.70. The summed E-state index contributed by atoms with van der Waals surface area (Å²) in [4.78, 5) is 61.4. The van der Waals surface area contributed by atoms with Gasteiger partial charge in [0.25, 0.3) is 0 Å². The fraction of sp³-hybridized carbons (Fsp3) is 0.833. The third kappa shape index (κ3) is 20.3. The molecule has 0 aromatic carbocycles. The van der Waals surface area contributed by atoms with Gasteiger partial charge in [-0.15, -0.1) is 0 Å². The number of hydrogen-bond acceptors (Lipinski definition) is 6. The minimum Gasteiger partial charge on any atom is -0.469 e. The first kappa shape index (κ1) is 37.4. The van der Waals surface area contributed by atoms with Gasteiger partial charge in [0.05, 0.1) is 7.11 Å². The summed E-state index contributed by atoms with van der Waals surface area (Å²) in [5, 5.41) is 8.56. The number of rotatable bonds is 23. The fourth-order valence-corrected chi connectivity index (χ4v) is 3.96. The van der Waals surface area contributed by atoms with Crippen molar-refractivity contribution in [2.45, 2.75) is 118 Å². The normalized spacial score (nSPS) is 10.9. The summed E-state index contributed by atoms with van der Waals surface area (Å²) < 4.78 is 4.64. The second kappa shape index (κ2) is 24.2. The predicted molar refractivity (Wildman–Crippen MR) is 158 cm³/mol. The molecule has 10 heteroatoms. The van der Waals surface area contributed by atoms with E-state index in [1.807, 2.05) is 27.7 Å². The van der Waals surface area contributed by atoms with Gasteiger partial charge in [-0.25, -0.2) is 14.5 Å². The van der Waals surface area contributed by atoms with Gasteiger partial charge in [-0.1, -0.05) is 66.2 Å². The van der Waals surface area contributed by atoms with Gasteiger partial charge in [0.1, 0.15) is 5.78 Å². The van der Waals surface area contributed by atoms with Crippen LogP contribution in [0.3, 0.4) is 0 Å². The van der Waals surface area contributed by atoms with Gasteiger partial charge in [0.15, 0.2) is 0 Å². The Hall–Kier alpha value is -2.65. The molecule has 0 aliphatic carbocycles. The zero-order valence-electron chi connectivity index (χ0n) is 25.8. The zero-order valence-corrected chi connectivity index (χ0v) is 25.8. The van der Waals surface area contributed by atoms with Crippen LogP contribution in [0.25, 0.3) is 0 Å². The SMILES string of the molecule is COC(=O)CCCCCCCNC(=O)N(CCCCCCCC(=O)C(C)C)C(=O)NCCCCNC(=O)C(C)C. The molecule has 232 valence electrons. The van der Waals surface area contributed by atoms with Crippen LogP contribution >= 0.6 is 0 Å². The van der Waals surface area contributed by atoms with Gasteiger partial charge in [-0.2, -0.15) is 0 Å². The molecule has 0 radical (unpaired) electrons. The maximum absolute atomic E-state index is 12.8. The van der Waals surface area contributed by atoms with Crippen molar-refractivity contribution in [3.63, 3.8) is 0 Å². The number of Topliss-reactive ketones (excluding diaryl/α,β-unsaturated/α-hetero) is 1. The molecule has 0 rings (SSSR count). The van der Waals surface area contributed by atoms with Crippen molar-refractivity contribution in [1.82, 2.24) is 20.9 Å². The van der Waals surface area contributed by atoms with Crippen molar-refractivity contribution in [2.75, 3.05) is 33.3 Å². The summed E-state index contributed by atoms with van der Waals surface area (Å²) in [7, 11) is 1.39. The van der Waals surface area contributed by atoms with E-state index >= 15 is 0 Å². The smallest absolute Gasteiger partial charge is 0.325 e. The zero-order chi connectivity index (χ0) is 30.2. The average molecular weight is 569 g/mol. The first-order chi connectivity index (χ1) is 19.1. The minimum atomic E-state index is -0.408. The number of amides is 5. The molecule has 0 atom stereocenters. The largest absolute Gasteiger partial charge is 0.469 e. The highest BCUT2D eigenvalue weighted by molar-refractivity contribution is 5.93. The van der Waals surface area contributed by atoms with E-state index in [1.165, 1.54) is 12.0 Å². The van der Waals surface area contributed by atoms with Gasteiger partial charge in [0, 0.05) is 50.9 Å². The van der Waals surface area contributed by atoms with E-state index in [0.29, 0.717) is 57.6 Å². The number of unbranched alkanes of at least 4 members (excludes halogenated alkanes) is 9. The number of ether oxygens (including phenoxy) is 1. The highest BCUT2D eigenvalue weighted by Crippen LogP contribution is 2.10. The molecule has 0 saturated heterocycles. The molecule has 0 spiro atoms. The lowest BCUT2D eigenvalue weighted by Crippen LogP contribution is -2.49. The number of carbonyl (C=O) groups excluding carboxylic acids is 5. The number of ketones is 1. The second-order valence-corrected chi connectivity index (χ2v) is 11.0. The molecule has 5 amide bonds. The molecule has 0 aromatic heterocycles. The van der Waals surface area contributed by atoms with Crippen LogP contribution in [0.1, 0.15) is 118 Å². The van der Waals surface area contributed by atoms with Crippen LogP contribution in [-0.2, 0) is 19.1 Å². The first-order valence-corrected chi connectivity index (χ1v) is 15.3. The summed E-state index contributed by atoms with van der Waals surface area (Å²) >= 11 is 0. The molecule has 0 fully saturated rings. The van der Waals surface area contributed by atoms with E-state index in [-0.39, 0.29) is 23.7 Å². The molecule has 3 N–H and O–H groups in total. The van der Waals surface area contributed by atoms with Crippen LogP contribution in [0.15, 0.2) is 0 Å². The Labute approximate surface area is 242 Å². The molecule has 0 aliphatic heterocycles. The van der Waals surface area contributed by atoms with Crippen molar-refractivity contribution >= 4 is 29.7 Å². The number of nitrogens with zero attached hydrogens (tertiary/aromatic N) is 1. The van der Waals surface area contributed by atoms with E-state index in [4.69, 9.17) is 0 Å². The monoisotopic (exact) mass is 568 g/mol. The lowest BCUT2D eigenvalue weighted by atomic mass is 10.0. The molecule has 10 nitrogen and oxygen atoms in total. The van der Waals surface area contributed by atoms with Crippen LogP contribution in [0, 0.1) is 11.8 Å². The number of urea groups is 2. The van der Waals surface area contributed by atoms with Gasteiger partial charge < -0.3 is 20.7 Å². The molecule has 0 aliphatic rings. The molecule has 0 bridgehead atoms. The molecular formula is C30H56N4O6. The number of nitrogens with one attached hydrogen (secondary N) is 3. The predicted octanol–water partition coefficient (Wildman–Crippen LogP) is 5.34. The Morgan fingerprint density at radius 3 is 1.55 bits per heavy atom. The van der Waals surface area contributed by atoms with Crippen LogP contribution in [0.4, 0.5) is 9.59 Å². The second-order valence-electron chi connectivity index (χ2n) is 11.0. The first-order valence-electron chi connectivity index (χ1n) is 15.3. The maximum atomic E-state index is 12.8. The quantitative estimate of drug-likeness (QED) is 0.113. The Morgan fingerprint density at radius 2 is 1.02 bits per heavy atom. The van der Waals surface area contributed by atoms with Crippen molar-refractivity contribution in [3.8, 4) is 0 Å². The molecule has 0 saturated carbocycles. The number of carbonyl (C=O) groups is 5. The Kier molecular flexibility index (Phi) is 22.6. The summed E-state index contributed by atoms with van der Waals surface area (Å²) in [5.41, 5.74) is 0. The lowest BCUT2D eigenvalue weighted by molar-refractivity contribution is -0.140. The number of esters is 1. The van der Waals surface area contributed by atoms with E-state index < -0.39 is 12.1 Å². The van der Waals surface area contributed by atoms with E-state index in [1.54, 1.807) is 0 Å². The highest BCUT2D eigenvalue weighted by atomic mass is 16.5. The van der Waals surface area contributed by atoms with E-state index in [2.05, 4.69) is 20.7 Å². The topological polar surface area (TPSA) is 134 Å². The minimum absolute atomic E-state index is 0.0135. The van der Waals surface area contributed by atoms with Crippen LogP contribution in [0.5, 0.6) is 0 Å². The Bertz CT molecular complexity index is 742. The van der Waals surface area contributed by atoms with Gasteiger partial charge in [0.2, 0.25) is 5.91 Å². The Morgan fingerprint density at radius 1 is 0.575 bits per heavy atom.